The lowest BCUT2D eigenvalue weighted by molar-refractivity contribution is -0.134. The minimum atomic E-state index is -0.0503. The average molecular weight is 441 g/mol. The standard InChI is InChI=1S/C24H32N4O4/c1-26-22-12-15-28(24(30)17-32-19-8-6-18(31-2)7-9-19)16-20(22)21(25-26)10-11-23(29)27-13-4-3-5-14-27/h6-9H,3-5,10-17H2,1-2H3. The van der Waals surface area contributed by atoms with E-state index in [0.29, 0.717) is 31.7 Å². The number of aromatic nitrogens is 2. The van der Waals surface area contributed by atoms with E-state index in [2.05, 4.69) is 5.10 Å². The minimum absolute atomic E-state index is 0.00922. The van der Waals surface area contributed by atoms with Gasteiger partial charge in [0, 0.05) is 63.7 Å². The number of hydrogen-bond donors (Lipinski definition) is 0. The molecule has 1 aromatic heterocycles. The molecule has 0 spiro atoms. The van der Waals surface area contributed by atoms with Crippen molar-refractivity contribution in [2.75, 3.05) is 33.4 Å². The zero-order chi connectivity index (χ0) is 22.5. The van der Waals surface area contributed by atoms with Crippen LogP contribution in [0, 0.1) is 0 Å². The maximum atomic E-state index is 12.8. The van der Waals surface area contributed by atoms with Crippen LogP contribution >= 0.6 is 0 Å². The molecular weight excluding hydrogens is 408 g/mol. The van der Waals surface area contributed by atoms with Gasteiger partial charge < -0.3 is 19.3 Å². The molecule has 1 aromatic carbocycles. The summed E-state index contributed by atoms with van der Waals surface area (Å²) in [5, 5.41) is 4.68. The fraction of sp³-hybridized carbons (Fsp3) is 0.542. The Morgan fingerprint density at radius 3 is 2.41 bits per heavy atom. The second-order valence-electron chi connectivity index (χ2n) is 8.47. The van der Waals surface area contributed by atoms with E-state index in [4.69, 9.17) is 9.47 Å². The molecule has 2 aromatic rings. The van der Waals surface area contributed by atoms with Crippen LogP contribution in [-0.4, -0.2) is 64.7 Å². The number of carbonyl (C=O) groups excluding carboxylic acids is 2. The molecule has 0 N–H and O–H groups in total. The van der Waals surface area contributed by atoms with Crippen LogP contribution in [0.15, 0.2) is 24.3 Å². The number of methoxy groups -OCH3 is 1. The van der Waals surface area contributed by atoms with E-state index < -0.39 is 0 Å². The Morgan fingerprint density at radius 1 is 0.969 bits per heavy atom. The Bertz CT molecular complexity index is 948. The lowest BCUT2D eigenvalue weighted by Crippen LogP contribution is -2.39. The maximum absolute atomic E-state index is 12.8. The van der Waals surface area contributed by atoms with Crippen molar-refractivity contribution in [3.8, 4) is 11.5 Å². The van der Waals surface area contributed by atoms with Crippen molar-refractivity contribution in [1.29, 1.82) is 0 Å². The van der Waals surface area contributed by atoms with Gasteiger partial charge in [-0.25, -0.2) is 0 Å². The smallest absolute Gasteiger partial charge is 0.260 e. The van der Waals surface area contributed by atoms with Crippen molar-refractivity contribution in [2.24, 2.45) is 7.05 Å². The van der Waals surface area contributed by atoms with Crippen LogP contribution in [0.25, 0.3) is 0 Å². The first-order valence-corrected chi connectivity index (χ1v) is 11.4. The molecule has 0 unspecified atom stereocenters. The van der Waals surface area contributed by atoms with Crippen LogP contribution in [-0.2, 0) is 36.0 Å². The number of ether oxygens (including phenoxy) is 2. The van der Waals surface area contributed by atoms with Gasteiger partial charge in [0.2, 0.25) is 5.91 Å². The molecule has 8 heteroatoms. The van der Waals surface area contributed by atoms with Gasteiger partial charge >= 0.3 is 0 Å². The molecule has 1 fully saturated rings. The van der Waals surface area contributed by atoms with Gasteiger partial charge in [0.15, 0.2) is 6.61 Å². The molecule has 0 atom stereocenters. The molecule has 8 nitrogen and oxygen atoms in total. The first kappa shape index (κ1) is 22.2. The highest BCUT2D eigenvalue weighted by molar-refractivity contribution is 5.78. The molecule has 3 heterocycles. The monoisotopic (exact) mass is 440 g/mol. The van der Waals surface area contributed by atoms with Crippen molar-refractivity contribution in [3.05, 3.63) is 41.2 Å². The summed E-state index contributed by atoms with van der Waals surface area (Å²) >= 11 is 0. The van der Waals surface area contributed by atoms with E-state index in [1.54, 1.807) is 31.4 Å². The largest absolute Gasteiger partial charge is 0.497 e. The molecule has 172 valence electrons. The summed E-state index contributed by atoms with van der Waals surface area (Å²) in [7, 11) is 3.55. The van der Waals surface area contributed by atoms with Crippen molar-refractivity contribution < 1.29 is 19.1 Å². The summed E-state index contributed by atoms with van der Waals surface area (Å²) in [6.07, 6.45) is 5.25. The van der Waals surface area contributed by atoms with Gasteiger partial charge in [0.1, 0.15) is 11.5 Å². The van der Waals surface area contributed by atoms with E-state index in [-0.39, 0.29) is 18.4 Å². The van der Waals surface area contributed by atoms with Crippen LogP contribution in [0.2, 0.25) is 0 Å². The molecular formula is C24H32N4O4. The highest BCUT2D eigenvalue weighted by Gasteiger charge is 2.27. The molecule has 2 aliphatic heterocycles. The summed E-state index contributed by atoms with van der Waals surface area (Å²) in [6, 6.07) is 7.19. The topological polar surface area (TPSA) is 76.9 Å². The maximum Gasteiger partial charge on any atom is 0.260 e. The number of carbonyl (C=O) groups is 2. The van der Waals surface area contributed by atoms with E-state index in [0.717, 1.165) is 55.1 Å². The molecule has 0 bridgehead atoms. The molecule has 32 heavy (non-hydrogen) atoms. The van der Waals surface area contributed by atoms with Crippen molar-refractivity contribution in [1.82, 2.24) is 19.6 Å². The number of fused-ring (bicyclic) bond motifs is 1. The van der Waals surface area contributed by atoms with Gasteiger partial charge in [-0.05, 0) is 43.5 Å². The number of likely N-dealkylation sites (tertiary alicyclic amines) is 1. The minimum Gasteiger partial charge on any atom is -0.497 e. The Labute approximate surface area is 189 Å². The van der Waals surface area contributed by atoms with Crippen molar-refractivity contribution in [2.45, 2.75) is 45.1 Å². The quantitative estimate of drug-likeness (QED) is 0.661. The zero-order valence-electron chi connectivity index (χ0n) is 19.0. The van der Waals surface area contributed by atoms with Crippen molar-refractivity contribution >= 4 is 11.8 Å². The predicted molar refractivity (Wildman–Crippen MR) is 120 cm³/mol. The van der Waals surface area contributed by atoms with E-state index >= 15 is 0 Å². The number of piperidine rings is 1. The molecule has 0 saturated carbocycles. The highest BCUT2D eigenvalue weighted by Crippen LogP contribution is 2.24. The van der Waals surface area contributed by atoms with Crippen LogP contribution in [0.3, 0.4) is 0 Å². The van der Waals surface area contributed by atoms with E-state index in [1.807, 2.05) is 21.5 Å². The molecule has 1 saturated heterocycles. The third kappa shape index (κ3) is 5.06. The van der Waals surface area contributed by atoms with E-state index in [1.165, 1.54) is 6.42 Å². The van der Waals surface area contributed by atoms with Crippen LogP contribution in [0.4, 0.5) is 0 Å². The van der Waals surface area contributed by atoms with Gasteiger partial charge in [-0.2, -0.15) is 5.10 Å². The molecule has 0 aliphatic carbocycles. The normalized spacial score (nSPS) is 15.9. The predicted octanol–water partition coefficient (Wildman–Crippen LogP) is 2.34. The second-order valence-corrected chi connectivity index (χ2v) is 8.47. The number of hydrogen-bond acceptors (Lipinski definition) is 5. The highest BCUT2D eigenvalue weighted by atomic mass is 16.5. The van der Waals surface area contributed by atoms with Crippen LogP contribution in [0.1, 0.15) is 42.6 Å². The Hall–Kier alpha value is -3.03. The van der Waals surface area contributed by atoms with Gasteiger partial charge in [-0.3, -0.25) is 14.3 Å². The number of nitrogens with zero attached hydrogens (tertiary/aromatic N) is 4. The summed E-state index contributed by atoms with van der Waals surface area (Å²) < 4.78 is 12.7. The number of benzene rings is 1. The van der Waals surface area contributed by atoms with Gasteiger partial charge in [0.05, 0.1) is 12.8 Å². The van der Waals surface area contributed by atoms with Gasteiger partial charge in [-0.15, -0.1) is 0 Å². The average Bonchev–Trinajstić information content (AvgIpc) is 3.16. The molecule has 2 aliphatic rings. The third-order valence-corrected chi connectivity index (χ3v) is 6.38. The van der Waals surface area contributed by atoms with Gasteiger partial charge in [-0.1, -0.05) is 0 Å². The Kier molecular flexibility index (Phi) is 6.97. The van der Waals surface area contributed by atoms with Crippen LogP contribution in [0.5, 0.6) is 11.5 Å². The molecule has 4 rings (SSSR count). The lowest BCUT2D eigenvalue weighted by Gasteiger charge is -2.28. The number of amides is 2. The molecule has 0 radical (unpaired) electrons. The summed E-state index contributed by atoms with van der Waals surface area (Å²) in [5.74, 6) is 1.54. The summed E-state index contributed by atoms with van der Waals surface area (Å²) in [5.41, 5.74) is 3.18. The lowest BCUT2D eigenvalue weighted by atomic mass is 10.0. The summed E-state index contributed by atoms with van der Waals surface area (Å²) in [6.45, 7) is 2.89. The first-order chi connectivity index (χ1) is 15.5. The molecule has 2 amide bonds. The Balaban J connectivity index is 1.34. The van der Waals surface area contributed by atoms with Gasteiger partial charge in [0.25, 0.3) is 5.91 Å². The van der Waals surface area contributed by atoms with Crippen LogP contribution < -0.4 is 9.47 Å². The van der Waals surface area contributed by atoms with Crippen molar-refractivity contribution in [3.63, 3.8) is 0 Å². The van der Waals surface area contributed by atoms with E-state index in [9.17, 15) is 9.59 Å². The number of rotatable bonds is 7. The fourth-order valence-electron chi connectivity index (χ4n) is 4.52. The SMILES string of the molecule is COc1ccc(OCC(=O)N2CCc3c(c(CCC(=O)N4CCCCC4)nn3C)C2)cc1. The third-order valence-electron chi connectivity index (χ3n) is 6.38. The number of aryl methyl sites for hydroxylation is 2. The Morgan fingerprint density at radius 2 is 1.69 bits per heavy atom. The fourth-order valence-corrected chi connectivity index (χ4v) is 4.52. The second kappa shape index (κ2) is 10.1. The first-order valence-electron chi connectivity index (χ1n) is 11.4. The zero-order valence-corrected chi connectivity index (χ0v) is 19.0. The summed E-state index contributed by atoms with van der Waals surface area (Å²) in [4.78, 5) is 29.2.